The summed E-state index contributed by atoms with van der Waals surface area (Å²) in [6.07, 6.45) is -2.91. The number of fused-ring (bicyclic) bond motifs is 2. The number of aromatic nitrogens is 2. The number of rotatable bonds is 7. The number of hydrogen-bond donors (Lipinski definition) is 3. The molecule has 0 radical (unpaired) electrons. The molecule has 40 heavy (non-hydrogen) atoms. The molecule has 2 aliphatic heterocycles. The van der Waals surface area contributed by atoms with E-state index in [2.05, 4.69) is 32.8 Å². The number of nitrogens with one attached hydrogen (secondary N) is 2. The van der Waals surface area contributed by atoms with E-state index < -0.39 is 12.3 Å². The number of aryl methyl sites for hydroxylation is 1. The number of nitrogens with zero attached hydrogens (tertiary/aromatic N) is 3. The van der Waals surface area contributed by atoms with Crippen LogP contribution in [0.5, 0.6) is 11.5 Å². The lowest BCUT2D eigenvalue weighted by atomic mass is 9.80. The number of hydrogen-bond acceptors (Lipinski definition) is 7. The molecule has 3 N–H and O–H groups in total. The Morgan fingerprint density at radius 2 is 1.85 bits per heavy atom. The Balaban J connectivity index is 0.966. The molecule has 0 spiro atoms. The number of likely N-dealkylation sites (tertiary alicyclic amines) is 1. The van der Waals surface area contributed by atoms with E-state index in [0.29, 0.717) is 28.7 Å². The van der Waals surface area contributed by atoms with Gasteiger partial charge in [0.2, 0.25) is 12.7 Å². The van der Waals surface area contributed by atoms with Gasteiger partial charge in [0.1, 0.15) is 0 Å². The summed E-state index contributed by atoms with van der Waals surface area (Å²) < 4.78 is 51.4. The first kappa shape index (κ1) is 26.7. The average Bonchev–Trinajstić information content (AvgIpc) is 3.51. The SMILES string of the molecule is Cn1nc(NCC(=O)NC2CN(C3CCC(c4ccc5c(c4)OCO5)CC3)C2)c2cc(C(O)C(F)(F)F)ccc21. The van der Waals surface area contributed by atoms with Crippen molar-refractivity contribution in [1.29, 1.82) is 0 Å². The lowest BCUT2D eigenvalue weighted by Gasteiger charge is -2.46. The number of aliphatic hydroxyl groups is 1. The average molecular weight is 560 g/mol. The number of carbonyl (C=O) groups is 1. The van der Waals surface area contributed by atoms with E-state index >= 15 is 0 Å². The number of anilines is 1. The van der Waals surface area contributed by atoms with Crippen molar-refractivity contribution < 1.29 is 32.5 Å². The maximum atomic E-state index is 13.0. The van der Waals surface area contributed by atoms with Crippen LogP contribution in [0.4, 0.5) is 19.0 Å². The molecule has 12 heteroatoms. The second-order valence-corrected chi connectivity index (χ2v) is 10.9. The van der Waals surface area contributed by atoms with Crippen LogP contribution in [0.2, 0.25) is 0 Å². The Bertz CT molecular complexity index is 1400. The summed E-state index contributed by atoms with van der Waals surface area (Å²) in [6.45, 7) is 1.83. The molecule has 3 heterocycles. The number of benzene rings is 2. The van der Waals surface area contributed by atoms with Crippen molar-refractivity contribution in [2.75, 3.05) is 31.7 Å². The second kappa shape index (κ2) is 10.5. The quantitative estimate of drug-likeness (QED) is 0.405. The molecule has 1 saturated carbocycles. The summed E-state index contributed by atoms with van der Waals surface area (Å²) in [4.78, 5) is 15.0. The normalized spacial score (nSPS) is 22.2. The minimum absolute atomic E-state index is 0.0602. The van der Waals surface area contributed by atoms with Gasteiger partial charge in [-0.3, -0.25) is 14.4 Å². The van der Waals surface area contributed by atoms with Gasteiger partial charge in [-0.2, -0.15) is 18.3 Å². The van der Waals surface area contributed by atoms with Gasteiger partial charge in [-0.25, -0.2) is 0 Å². The van der Waals surface area contributed by atoms with Gasteiger partial charge in [0.25, 0.3) is 0 Å². The number of alkyl halides is 3. The summed E-state index contributed by atoms with van der Waals surface area (Å²) >= 11 is 0. The standard InChI is InChI=1S/C28H32F3N5O4/c1-35-22-8-4-18(26(38)28(29,30)31)10-21(22)27(34-35)32-12-25(37)33-19-13-36(14-19)20-6-2-16(3-7-20)17-5-9-23-24(11-17)40-15-39-23/h4-5,8-11,16,19-20,26,38H,2-3,6-7,12-15H2,1H3,(H,32,34)(H,33,37). The molecule has 3 aliphatic rings. The fourth-order valence-electron chi connectivity index (χ4n) is 6.06. The summed E-state index contributed by atoms with van der Waals surface area (Å²) in [7, 11) is 1.67. The third kappa shape index (κ3) is 5.29. The maximum absolute atomic E-state index is 13.0. The van der Waals surface area contributed by atoms with Crippen LogP contribution in [0, 0.1) is 0 Å². The third-order valence-electron chi connectivity index (χ3n) is 8.27. The lowest BCUT2D eigenvalue weighted by Crippen LogP contribution is -2.63. The first-order valence-corrected chi connectivity index (χ1v) is 13.5. The smallest absolute Gasteiger partial charge is 0.418 e. The van der Waals surface area contributed by atoms with Gasteiger partial charge in [0, 0.05) is 31.6 Å². The Kier molecular flexibility index (Phi) is 6.99. The van der Waals surface area contributed by atoms with Crippen molar-refractivity contribution in [3.63, 3.8) is 0 Å². The molecule has 3 aromatic rings. The van der Waals surface area contributed by atoms with Gasteiger partial charge in [0.15, 0.2) is 23.4 Å². The second-order valence-electron chi connectivity index (χ2n) is 10.9. The number of aliphatic hydroxyl groups excluding tert-OH is 1. The van der Waals surface area contributed by atoms with E-state index in [0.717, 1.165) is 50.3 Å². The predicted molar refractivity (Wildman–Crippen MR) is 141 cm³/mol. The van der Waals surface area contributed by atoms with Gasteiger partial charge in [-0.1, -0.05) is 12.1 Å². The molecule has 1 aromatic heterocycles. The van der Waals surface area contributed by atoms with Crippen molar-refractivity contribution in [2.24, 2.45) is 7.05 Å². The fourth-order valence-corrected chi connectivity index (χ4v) is 6.06. The van der Waals surface area contributed by atoms with E-state index in [9.17, 15) is 23.1 Å². The Morgan fingerprint density at radius 3 is 2.60 bits per heavy atom. The monoisotopic (exact) mass is 559 g/mol. The minimum Gasteiger partial charge on any atom is -0.454 e. The van der Waals surface area contributed by atoms with Gasteiger partial charge in [0.05, 0.1) is 18.1 Å². The zero-order valence-corrected chi connectivity index (χ0v) is 22.1. The van der Waals surface area contributed by atoms with Gasteiger partial charge in [-0.05, 0) is 67.0 Å². The Labute approximate surface area is 229 Å². The molecule has 214 valence electrons. The van der Waals surface area contributed by atoms with Gasteiger partial charge < -0.3 is 25.2 Å². The first-order chi connectivity index (χ1) is 19.2. The van der Waals surface area contributed by atoms with Crippen LogP contribution in [0.15, 0.2) is 36.4 Å². The molecule has 1 atom stereocenters. The number of halogens is 3. The molecular weight excluding hydrogens is 527 g/mol. The molecule has 2 fully saturated rings. The van der Waals surface area contributed by atoms with E-state index in [1.165, 1.54) is 28.4 Å². The molecule has 2 aromatic carbocycles. The van der Waals surface area contributed by atoms with Crippen LogP contribution < -0.4 is 20.1 Å². The van der Waals surface area contributed by atoms with E-state index in [-0.39, 0.29) is 30.9 Å². The van der Waals surface area contributed by atoms with Crippen LogP contribution in [-0.2, 0) is 11.8 Å². The van der Waals surface area contributed by atoms with Crippen LogP contribution in [0.1, 0.15) is 48.8 Å². The van der Waals surface area contributed by atoms with Crippen molar-refractivity contribution in [3.8, 4) is 11.5 Å². The zero-order chi connectivity index (χ0) is 28.0. The topological polar surface area (TPSA) is 101 Å². The summed E-state index contributed by atoms with van der Waals surface area (Å²) in [5.74, 6) is 2.24. The molecule has 0 bridgehead atoms. The molecule has 6 rings (SSSR count). The molecular formula is C28H32F3N5O4. The van der Waals surface area contributed by atoms with E-state index in [1.54, 1.807) is 7.05 Å². The largest absolute Gasteiger partial charge is 0.454 e. The van der Waals surface area contributed by atoms with Crippen molar-refractivity contribution in [2.45, 2.75) is 56.0 Å². The molecule has 9 nitrogen and oxygen atoms in total. The molecule has 1 saturated heterocycles. The highest BCUT2D eigenvalue weighted by Crippen LogP contribution is 2.40. The minimum atomic E-state index is -4.77. The molecule has 1 aliphatic carbocycles. The summed E-state index contributed by atoms with van der Waals surface area (Å²) in [6, 6.07) is 10.8. The predicted octanol–water partition coefficient (Wildman–Crippen LogP) is 3.84. The maximum Gasteiger partial charge on any atom is 0.418 e. The zero-order valence-electron chi connectivity index (χ0n) is 22.1. The summed E-state index contributed by atoms with van der Waals surface area (Å²) in [5.41, 5.74) is 1.61. The highest BCUT2D eigenvalue weighted by Gasteiger charge is 2.39. The van der Waals surface area contributed by atoms with Crippen molar-refractivity contribution in [3.05, 3.63) is 47.5 Å². The third-order valence-corrected chi connectivity index (χ3v) is 8.27. The van der Waals surface area contributed by atoms with Crippen LogP contribution in [0.3, 0.4) is 0 Å². The van der Waals surface area contributed by atoms with E-state index in [4.69, 9.17) is 9.47 Å². The van der Waals surface area contributed by atoms with Crippen LogP contribution in [-0.4, -0.2) is 70.4 Å². The fraction of sp³-hybridized carbons (Fsp3) is 0.500. The van der Waals surface area contributed by atoms with Crippen molar-refractivity contribution in [1.82, 2.24) is 20.0 Å². The highest BCUT2D eigenvalue weighted by molar-refractivity contribution is 5.92. The number of carbonyl (C=O) groups excluding carboxylic acids is 1. The Morgan fingerprint density at radius 1 is 1.10 bits per heavy atom. The van der Waals surface area contributed by atoms with Gasteiger partial charge in [-0.15, -0.1) is 0 Å². The van der Waals surface area contributed by atoms with Crippen LogP contribution in [0.25, 0.3) is 10.9 Å². The van der Waals surface area contributed by atoms with Crippen molar-refractivity contribution >= 4 is 22.6 Å². The van der Waals surface area contributed by atoms with Crippen LogP contribution >= 0.6 is 0 Å². The van der Waals surface area contributed by atoms with Gasteiger partial charge >= 0.3 is 6.18 Å². The lowest BCUT2D eigenvalue weighted by molar-refractivity contribution is -0.206. The summed E-state index contributed by atoms with van der Waals surface area (Å²) in [5, 5.41) is 20.3. The highest BCUT2D eigenvalue weighted by atomic mass is 19.4. The van der Waals surface area contributed by atoms with E-state index in [1.807, 2.05) is 6.07 Å². The number of amides is 1. The first-order valence-electron chi connectivity index (χ1n) is 13.5. The number of ether oxygens (including phenoxy) is 2. The Hall–Kier alpha value is -3.51. The molecule has 1 amide bonds. The molecule has 1 unspecified atom stereocenters.